The summed E-state index contributed by atoms with van der Waals surface area (Å²) in [7, 11) is 0. The number of hydrogen-bond acceptors (Lipinski definition) is 4. The van der Waals surface area contributed by atoms with Gasteiger partial charge in [0.1, 0.15) is 5.82 Å². The standard InChI is InChI=1S/C16H21N3S/c1-11(2)16-17-8-13-9-19(7-6-15(13)18-16)10-14-5-4-12(3)20-14/h4-5,8,11H,6-7,9-10H2,1-3H3. The lowest BCUT2D eigenvalue weighted by Gasteiger charge is -2.27. The predicted molar refractivity (Wildman–Crippen MR) is 83.0 cm³/mol. The van der Waals surface area contributed by atoms with Crippen LogP contribution in [0.4, 0.5) is 0 Å². The summed E-state index contributed by atoms with van der Waals surface area (Å²) in [4.78, 5) is 14.6. The van der Waals surface area contributed by atoms with Crippen molar-refractivity contribution in [1.29, 1.82) is 0 Å². The van der Waals surface area contributed by atoms with Crippen LogP contribution in [0.25, 0.3) is 0 Å². The molecule has 0 fully saturated rings. The summed E-state index contributed by atoms with van der Waals surface area (Å²) >= 11 is 1.90. The lowest BCUT2D eigenvalue weighted by Crippen LogP contribution is -2.30. The van der Waals surface area contributed by atoms with Gasteiger partial charge in [-0.3, -0.25) is 4.90 Å². The number of aryl methyl sites for hydroxylation is 1. The van der Waals surface area contributed by atoms with Crippen LogP contribution >= 0.6 is 11.3 Å². The van der Waals surface area contributed by atoms with Crippen LogP contribution in [0.3, 0.4) is 0 Å². The number of nitrogens with zero attached hydrogens (tertiary/aromatic N) is 3. The predicted octanol–water partition coefficient (Wildman–Crippen LogP) is 3.53. The van der Waals surface area contributed by atoms with Gasteiger partial charge in [-0.25, -0.2) is 9.97 Å². The van der Waals surface area contributed by atoms with Crippen LogP contribution in [0.1, 0.15) is 46.6 Å². The van der Waals surface area contributed by atoms with E-state index in [-0.39, 0.29) is 0 Å². The van der Waals surface area contributed by atoms with E-state index in [4.69, 9.17) is 4.98 Å². The molecule has 106 valence electrons. The second-order valence-electron chi connectivity index (χ2n) is 5.83. The van der Waals surface area contributed by atoms with Crippen molar-refractivity contribution >= 4 is 11.3 Å². The Labute approximate surface area is 124 Å². The van der Waals surface area contributed by atoms with Crippen LogP contribution in [-0.2, 0) is 19.5 Å². The molecule has 20 heavy (non-hydrogen) atoms. The maximum atomic E-state index is 4.72. The first-order valence-corrected chi connectivity index (χ1v) is 8.06. The van der Waals surface area contributed by atoms with E-state index >= 15 is 0 Å². The van der Waals surface area contributed by atoms with Crippen LogP contribution in [0.2, 0.25) is 0 Å². The van der Waals surface area contributed by atoms with E-state index in [0.29, 0.717) is 5.92 Å². The van der Waals surface area contributed by atoms with Crippen molar-refractivity contribution in [2.45, 2.75) is 46.2 Å². The third-order valence-corrected chi connectivity index (χ3v) is 4.71. The topological polar surface area (TPSA) is 29.0 Å². The number of fused-ring (bicyclic) bond motifs is 1. The third-order valence-electron chi connectivity index (χ3n) is 3.72. The quantitative estimate of drug-likeness (QED) is 0.865. The van der Waals surface area contributed by atoms with Gasteiger partial charge in [0, 0.05) is 59.2 Å². The van der Waals surface area contributed by atoms with Gasteiger partial charge in [0.05, 0.1) is 0 Å². The van der Waals surface area contributed by atoms with E-state index < -0.39 is 0 Å². The molecule has 1 aliphatic heterocycles. The van der Waals surface area contributed by atoms with Crippen molar-refractivity contribution in [3.63, 3.8) is 0 Å². The van der Waals surface area contributed by atoms with Gasteiger partial charge in [0.15, 0.2) is 0 Å². The van der Waals surface area contributed by atoms with E-state index in [9.17, 15) is 0 Å². The Morgan fingerprint density at radius 1 is 1.35 bits per heavy atom. The van der Waals surface area contributed by atoms with Gasteiger partial charge in [-0.2, -0.15) is 0 Å². The molecule has 4 heteroatoms. The molecule has 0 atom stereocenters. The molecule has 0 N–H and O–H groups in total. The van der Waals surface area contributed by atoms with E-state index in [1.807, 2.05) is 17.5 Å². The number of thiophene rings is 1. The van der Waals surface area contributed by atoms with Gasteiger partial charge >= 0.3 is 0 Å². The highest BCUT2D eigenvalue weighted by Crippen LogP contribution is 2.23. The smallest absolute Gasteiger partial charge is 0.131 e. The molecule has 0 aliphatic carbocycles. The summed E-state index contributed by atoms with van der Waals surface area (Å²) in [5, 5.41) is 0. The summed E-state index contributed by atoms with van der Waals surface area (Å²) in [6, 6.07) is 4.45. The van der Waals surface area contributed by atoms with Gasteiger partial charge < -0.3 is 0 Å². The Bertz CT molecular complexity index is 604. The zero-order chi connectivity index (χ0) is 14.1. The molecule has 0 spiro atoms. The van der Waals surface area contributed by atoms with Crippen molar-refractivity contribution in [2.75, 3.05) is 6.54 Å². The Morgan fingerprint density at radius 3 is 2.90 bits per heavy atom. The maximum Gasteiger partial charge on any atom is 0.131 e. The van der Waals surface area contributed by atoms with Crippen molar-refractivity contribution in [3.8, 4) is 0 Å². The molecule has 3 heterocycles. The fourth-order valence-electron chi connectivity index (χ4n) is 2.59. The highest BCUT2D eigenvalue weighted by atomic mass is 32.1. The molecule has 0 bridgehead atoms. The van der Waals surface area contributed by atoms with E-state index in [0.717, 1.165) is 31.9 Å². The highest BCUT2D eigenvalue weighted by Gasteiger charge is 2.19. The fourth-order valence-corrected chi connectivity index (χ4v) is 3.53. The summed E-state index contributed by atoms with van der Waals surface area (Å²) in [5.74, 6) is 1.39. The molecule has 3 nitrogen and oxygen atoms in total. The van der Waals surface area contributed by atoms with Gasteiger partial charge in [-0.05, 0) is 19.1 Å². The Morgan fingerprint density at radius 2 is 2.20 bits per heavy atom. The van der Waals surface area contributed by atoms with Gasteiger partial charge in [-0.15, -0.1) is 11.3 Å². The molecule has 1 aliphatic rings. The summed E-state index contributed by atoms with van der Waals surface area (Å²) in [6.45, 7) is 9.58. The van der Waals surface area contributed by atoms with E-state index in [2.05, 4.69) is 42.8 Å². The average molecular weight is 287 g/mol. The van der Waals surface area contributed by atoms with Crippen LogP contribution in [0, 0.1) is 6.92 Å². The molecule has 0 saturated heterocycles. The lowest BCUT2D eigenvalue weighted by atomic mass is 10.1. The highest BCUT2D eigenvalue weighted by molar-refractivity contribution is 7.11. The van der Waals surface area contributed by atoms with Crippen LogP contribution in [-0.4, -0.2) is 21.4 Å². The Balaban J connectivity index is 1.72. The first-order chi connectivity index (χ1) is 9.61. The average Bonchev–Trinajstić information content (AvgIpc) is 2.83. The number of hydrogen-bond donors (Lipinski definition) is 0. The van der Waals surface area contributed by atoms with Crippen LogP contribution < -0.4 is 0 Å². The first kappa shape index (κ1) is 13.7. The maximum absolute atomic E-state index is 4.72. The first-order valence-electron chi connectivity index (χ1n) is 7.24. The van der Waals surface area contributed by atoms with Gasteiger partial charge in [0.25, 0.3) is 0 Å². The second kappa shape index (κ2) is 5.62. The number of rotatable bonds is 3. The third kappa shape index (κ3) is 2.91. The lowest BCUT2D eigenvalue weighted by molar-refractivity contribution is 0.244. The number of aromatic nitrogens is 2. The van der Waals surface area contributed by atoms with Crippen molar-refractivity contribution in [2.24, 2.45) is 0 Å². The minimum absolute atomic E-state index is 0.410. The van der Waals surface area contributed by atoms with Crippen molar-refractivity contribution < 1.29 is 0 Å². The van der Waals surface area contributed by atoms with Crippen molar-refractivity contribution in [1.82, 2.24) is 14.9 Å². The van der Waals surface area contributed by atoms with E-state index in [1.165, 1.54) is 21.0 Å². The summed E-state index contributed by atoms with van der Waals surface area (Å²) in [5.41, 5.74) is 2.55. The SMILES string of the molecule is Cc1ccc(CN2CCc3nc(C(C)C)ncc3C2)s1. The van der Waals surface area contributed by atoms with Gasteiger partial charge in [0.2, 0.25) is 0 Å². The minimum Gasteiger partial charge on any atom is -0.293 e. The van der Waals surface area contributed by atoms with Gasteiger partial charge in [-0.1, -0.05) is 13.8 Å². The molecule has 0 radical (unpaired) electrons. The fraction of sp³-hybridized carbons (Fsp3) is 0.500. The Kier molecular flexibility index (Phi) is 3.85. The van der Waals surface area contributed by atoms with Crippen molar-refractivity contribution in [3.05, 3.63) is 45.2 Å². The normalized spacial score (nSPS) is 15.6. The molecule has 0 aromatic carbocycles. The minimum atomic E-state index is 0.410. The molecule has 3 rings (SSSR count). The summed E-state index contributed by atoms with van der Waals surface area (Å²) < 4.78 is 0. The monoisotopic (exact) mass is 287 g/mol. The molecule has 2 aromatic heterocycles. The molecule has 0 saturated carbocycles. The Hall–Kier alpha value is -1.26. The van der Waals surface area contributed by atoms with Crippen LogP contribution in [0.15, 0.2) is 18.3 Å². The largest absolute Gasteiger partial charge is 0.293 e. The molecule has 0 unspecified atom stereocenters. The molecular weight excluding hydrogens is 266 g/mol. The molecular formula is C16H21N3S. The molecule has 0 amide bonds. The summed E-state index contributed by atoms with van der Waals surface area (Å²) in [6.07, 6.45) is 3.07. The second-order valence-corrected chi connectivity index (χ2v) is 7.20. The molecule has 2 aromatic rings. The zero-order valence-corrected chi connectivity index (χ0v) is 13.2. The van der Waals surface area contributed by atoms with Crippen LogP contribution in [0.5, 0.6) is 0 Å². The van der Waals surface area contributed by atoms with E-state index in [1.54, 1.807) is 0 Å². The zero-order valence-electron chi connectivity index (χ0n) is 12.4.